The maximum absolute atomic E-state index is 10.8. The summed E-state index contributed by atoms with van der Waals surface area (Å²) in [6, 6.07) is 0. The molecule has 8 heteroatoms. The predicted octanol–water partition coefficient (Wildman–Crippen LogP) is 0.582. The van der Waals surface area contributed by atoms with Gasteiger partial charge in [0.15, 0.2) is 0 Å². The van der Waals surface area contributed by atoms with Gasteiger partial charge < -0.3 is 0 Å². The van der Waals surface area contributed by atoms with Crippen LogP contribution in [0.25, 0.3) is 0 Å². The molecule has 62 valence electrons. The van der Waals surface area contributed by atoms with E-state index in [1.54, 1.807) is 0 Å². The Morgan fingerprint density at radius 3 is 1.60 bits per heavy atom. The minimum atomic E-state index is -5.10. The van der Waals surface area contributed by atoms with E-state index in [0.29, 0.717) is 0 Å². The van der Waals surface area contributed by atoms with Crippen molar-refractivity contribution in [3.8, 4) is 0 Å². The molecular weight excluding hydrogens is 161 g/mol. The van der Waals surface area contributed by atoms with Crippen molar-refractivity contribution in [3.63, 3.8) is 0 Å². The number of halogens is 3. The van der Waals surface area contributed by atoms with Crippen LogP contribution in [0.3, 0.4) is 0 Å². The average molecular weight is 164 g/mol. The van der Waals surface area contributed by atoms with Gasteiger partial charge in [0.2, 0.25) is 0 Å². The smallest absolute Gasteiger partial charge is 0.291 e. The van der Waals surface area contributed by atoms with Crippen LogP contribution in [0.5, 0.6) is 0 Å². The van der Waals surface area contributed by atoms with Crippen molar-refractivity contribution in [1.29, 1.82) is 0 Å². The molecule has 0 saturated heterocycles. The van der Waals surface area contributed by atoms with Gasteiger partial charge in [0.05, 0.1) is 0 Å². The zero-order chi connectivity index (χ0) is 8.78. The van der Waals surface area contributed by atoms with Crippen LogP contribution in [-0.4, -0.2) is 27.9 Å². The molecule has 10 heavy (non-hydrogen) atoms. The van der Waals surface area contributed by atoms with Gasteiger partial charge in [-0.2, -0.15) is 18.4 Å². The molecule has 0 fully saturated rings. The van der Waals surface area contributed by atoms with Crippen molar-refractivity contribution in [2.24, 2.45) is 0 Å². The molecule has 3 N–H and O–H groups in total. The number of hydrogen-bond donors (Lipinski definition) is 3. The van der Waals surface area contributed by atoms with Crippen molar-refractivity contribution in [1.82, 2.24) is 0 Å². The third kappa shape index (κ3) is 5.28. The monoisotopic (exact) mass is 164 g/mol. The summed E-state index contributed by atoms with van der Waals surface area (Å²) in [7, 11) is 0. The summed E-state index contributed by atoms with van der Waals surface area (Å²) < 4.78 is 32.4. The van der Waals surface area contributed by atoms with Crippen LogP contribution in [0, 0.1) is 0 Å². The van der Waals surface area contributed by atoms with Crippen molar-refractivity contribution in [2.75, 3.05) is 0 Å². The van der Waals surface area contributed by atoms with Crippen LogP contribution in [-0.2, 0) is 9.68 Å². The second kappa shape index (κ2) is 4.97. The topological polar surface area (TPSA) is 87.0 Å². The van der Waals surface area contributed by atoms with Crippen molar-refractivity contribution < 1.29 is 38.6 Å². The lowest BCUT2D eigenvalue weighted by Crippen LogP contribution is -2.23. The number of rotatable bonds is 0. The van der Waals surface area contributed by atoms with Crippen LogP contribution in [0.15, 0.2) is 0 Å². The van der Waals surface area contributed by atoms with Crippen LogP contribution < -0.4 is 0 Å². The van der Waals surface area contributed by atoms with E-state index in [0.717, 1.165) is 0 Å². The van der Waals surface area contributed by atoms with E-state index in [-0.39, 0.29) is 0 Å². The Morgan fingerprint density at radius 1 is 1.30 bits per heavy atom. The first-order chi connectivity index (χ1) is 4.48. The molecule has 0 unspecified atom stereocenters. The molecule has 0 amide bonds. The Hall–Kier alpha value is -0.860. The summed E-state index contributed by atoms with van der Waals surface area (Å²) in [5.41, 5.74) is 0. The maximum Gasteiger partial charge on any atom is 0.494 e. The highest BCUT2D eigenvalue weighted by Crippen LogP contribution is 2.15. The largest absolute Gasteiger partial charge is 0.494 e. The molecule has 0 heterocycles. The lowest BCUT2D eigenvalue weighted by Gasteiger charge is -1.97. The second-order valence-corrected chi connectivity index (χ2v) is 0.877. The van der Waals surface area contributed by atoms with E-state index in [9.17, 15) is 18.0 Å². The fraction of sp³-hybridized carbons (Fsp3) is 0.500. The van der Waals surface area contributed by atoms with Gasteiger partial charge in [-0.25, -0.2) is 4.79 Å². The Kier molecular flexibility index (Phi) is 5.90. The summed E-state index contributed by atoms with van der Waals surface area (Å²) in [5, 5.41) is 19.1. The van der Waals surface area contributed by atoms with E-state index in [1.807, 2.05) is 0 Å². The summed E-state index contributed by atoms with van der Waals surface area (Å²) in [6.07, 6.45) is -5.10. The molecular formula is C2H3F3O5. The number of alkyl halides is 3. The average Bonchev–Trinajstić information content (AvgIpc) is 1.89. The van der Waals surface area contributed by atoms with Crippen LogP contribution in [0.4, 0.5) is 13.2 Å². The molecule has 0 spiro atoms. The van der Waals surface area contributed by atoms with E-state index < -0.39 is 12.1 Å². The summed E-state index contributed by atoms with van der Waals surface area (Å²) >= 11 is 0. The fourth-order valence-corrected chi connectivity index (χ4v) is 0.0518. The van der Waals surface area contributed by atoms with Gasteiger partial charge in [-0.3, -0.25) is 15.4 Å². The number of carbonyl (C=O) groups excluding carboxylic acids is 1. The number of carbonyl (C=O) groups is 1. The number of hydrogen-bond acceptors (Lipinski definition) is 5. The molecule has 0 aromatic rings. The molecule has 0 bridgehead atoms. The van der Waals surface area contributed by atoms with E-state index in [1.165, 1.54) is 0 Å². The Balaban J connectivity index is 0. The molecule has 0 rings (SSSR count). The zero-order valence-corrected chi connectivity index (χ0v) is 4.29. The van der Waals surface area contributed by atoms with Gasteiger partial charge >= 0.3 is 12.1 Å². The summed E-state index contributed by atoms with van der Waals surface area (Å²) in [6.45, 7) is 0. The maximum atomic E-state index is 10.8. The normalized spacial score (nSPS) is 9.40. The third-order valence-corrected chi connectivity index (χ3v) is 0.314. The van der Waals surface area contributed by atoms with Crippen LogP contribution >= 0.6 is 0 Å². The van der Waals surface area contributed by atoms with Gasteiger partial charge in [0.25, 0.3) is 0 Å². The molecule has 0 aromatic heterocycles. The third-order valence-electron chi connectivity index (χ3n) is 0.314. The van der Waals surface area contributed by atoms with E-state index >= 15 is 0 Å². The molecule has 0 aliphatic heterocycles. The predicted molar refractivity (Wildman–Crippen MR) is 20.0 cm³/mol. The molecule has 0 atom stereocenters. The molecule has 0 aliphatic rings. The van der Waals surface area contributed by atoms with Gasteiger partial charge in [-0.15, -0.1) is 0 Å². The Bertz CT molecular complexity index is 97.6. The first-order valence-corrected chi connectivity index (χ1v) is 1.61. The molecule has 0 aromatic carbocycles. The lowest BCUT2D eigenvalue weighted by atomic mass is 10.7. The van der Waals surface area contributed by atoms with E-state index in [4.69, 9.17) is 15.8 Å². The molecule has 0 radical (unpaired) electrons. The highest BCUT2D eigenvalue weighted by molar-refractivity contribution is 5.74. The Labute approximate surface area is 52.1 Å². The first kappa shape index (κ1) is 11.9. The van der Waals surface area contributed by atoms with Crippen molar-refractivity contribution in [2.45, 2.75) is 6.18 Å². The van der Waals surface area contributed by atoms with Gasteiger partial charge in [-0.1, -0.05) is 0 Å². The summed E-state index contributed by atoms with van der Waals surface area (Å²) in [5.74, 6) is -2.61. The zero-order valence-electron chi connectivity index (χ0n) is 4.29. The van der Waals surface area contributed by atoms with Crippen molar-refractivity contribution in [3.05, 3.63) is 0 Å². The van der Waals surface area contributed by atoms with Crippen LogP contribution in [0.1, 0.15) is 0 Å². The lowest BCUT2D eigenvalue weighted by molar-refractivity contribution is -0.272. The highest BCUT2D eigenvalue weighted by Gasteiger charge is 2.41. The van der Waals surface area contributed by atoms with E-state index in [2.05, 4.69) is 4.89 Å². The fourth-order valence-electron chi connectivity index (χ4n) is 0.0518. The standard InChI is InChI=1S/C2HF3O3.H2O2/c3-2(4,5)1(6)8-7;1-2/h7H;1-2H. The van der Waals surface area contributed by atoms with Gasteiger partial charge in [0, 0.05) is 0 Å². The second-order valence-electron chi connectivity index (χ2n) is 0.877. The Morgan fingerprint density at radius 2 is 1.60 bits per heavy atom. The molecule has 5 nitrogen and oxygen atoms in total. The van der Waals surface area contributed by atoms with Gasteiger partial charge in [0.1, 0.15) is 0 Å². The molecule has 0 saturated carbocycles. The molecule has 0 aliphatic carbocycles. The van der Waals surface area contributed by atoms with Crippen LogP contribution in [0.2, 0.25) is 0 Å². The first-order valence-electron chi connectivity index (χ1n) is 1.61. The minimum Gasteiger partial charge on any atom is -0.291 e. The quantitative estimate of drug-likeness (QED) is 0.360. The SMILES string of the molecule is O=C(OO)C(F)(F)F.OO. The van der Waals surface area contributed by atoms with Gasteiger partial charge in [-0.05, 0) is 0 Å². The summed E-state index contributed by atoms with van der Waals surface area (Å²) in [4.78, 5) is 11.6. The highest BCUT2D eigenvalue weighted by atomic mass is 19.4. The minimum absolute atomic E-state index is 2.35. The van der Waals surface area contributed by atoms with Crippen molar-refractivity contribution >= 4 is 5.97 Å².